The highest BCUT2D eigenvalue weighted by molar-refractivity contribution is 5.96. The van der Waals surface area contributed by atoms with Gasteiger partial charge in [-0.25, -0.2) is 0 Å². The third-order valence-electron chi connectivity index (χ3n) is 2.69. The topological polar surface area (TPSA) is 101 Å². The molecule has 6 heteroatoms. The summed E-state index contributed by atoms with van der Waals surface area (Å²) in [4.78, 5) is 12.1. The van der Waals surface area contributed by atoms with E-state index < -0.39 is 0 Å². The van der Waals surface area contributed by atoms with Crippen LogP contribution in [0.3, 0.4) is 0 Å². The van der Waals surface area contributed by atoms with E-state index in [2.05, 4.69) is 5.16 Å². The molecule has 0 aliphatic heterocycles. The normalized spacial score (nSPS) is 11.5. The Morgan fingerprint density at radius 3 is 2.58 bits per heavy atom. The van der Waals surface area contributed by atoms with Gasteiger partial charge < -0.3 is 20.6 Å². The molecule has 0 saturated carbocycles. The zero-order valence-electron chi connectivity index (χ0n) is 10.0. The summed E-state index contributed by atoms with van der Waals surface area (Å²) in [7, 11) is 0. The molecule has 1 aromatic heterocycles. The number of pyridine rings is 1. The van der Waals surface area contributed by atoms with Gasteiger partial charge in [-0.2, -0.15) is 0 Å². The van der Waals surface area contributed by atoms with Crippen LogP contribution in [0.15, 0.2) is 52.5 Å². The molecule has 0 fully saturated rings. The average Bonchev–Trinajstić information content (AvgIpc) is 2.43. The highest BCUT2D eigenvalue weighted by Crippen LogP contribution is 2.10. The summed E-state index contributed by atoms with van der Waals surface area (Å²) in [5, 5.41) is 20.6. The quantitative estimate of drug-likeness (QED) is 0.327. The SMILES string of the molecule is N/C(=N/O)c1cccn(Cc2ccc(O)cc2)c1=O. The van der Waals surface area contributed by atoms with Crippen LogP contribution in [0.4, 0.5) is 0 Å². The first-order valence-corrected chi connectivity index (χ1v) is 5.57. The number of nitrogens with two attached hydrogens (primary N) is 1. The minimum Gasteiger partial charge on any atom is -0.508 e. The minimum absolute atomic E-state index is 0.142. The van der Waals surface area contributed by atoms with Crippen LogP contribution in [0.5, 0.6) is 5.75 Å². The Labute approximate surface area is 109 Å². The van der Waals surface area contributed by atoms with E-state index in [0.29, 0.717) is 6.54 Å². The van der Waals surface area contributed by atoms with Crippen molar-refractivity contribution < 1.29 is 10.3 Å². The van der Waals surface area contributed by atoms with Gasteiger partial charge in [0.15, 0.2) is 5.84 Å². The second-order valence-electron chi connectivity index (χ2n) is 4.01. The van der Waals surface area contributed by atoms with Gasteiger partial charge in [-0.15, -0.1) is 0 Å². The zero-order chi connectivity index (χ0) is 13.8. The van der Waals surface area contributed by atoms with Crippen LogP contribution in [-0.4, -0.2) is 20.7 Å². The van der Waals surface area contributed by atoms with Crippen molar-refractivity contribution in [2.45, 2.75) is 6.54 Å². The number of phenols is 1. The summed E-state index contributed by atoms with van der Waals surface area (Å²) < 4.78 is 1.44. The molecule has 6 nitrogen and oxygen atoms in total. The van der Waals surface area contributed by atoms with Crippen LogP contribution in [0, 0.1) is 0 Å². The lowest BCUT2D eigenvalue weighted by atomic mass is 10.2. The summed E-state index contributed by atoms with van der Waals surface area (Å²) in [6.45, 7) is 0.339. The van der Waals surface area contributed by atoms with Crippen molar-refractivity contribution in [3.05, 3.63) is 64.1 Å². The highest BCUT2D eigenvalue weighted by atomic mass is 16.4. The summed E-state index contributed by atoms with van der Waals surface area (Å²) >= 11 is 0. The maximum atomic E-state index is 12.1. The van der Waals surface area contributed by atoms with Crippen LogP contribution in [0.1, 0.15) is 11.1 Å². The van der Waals surface area contributed by atoms with Crippen molar-refractivity contribution >= 4 is 5.84 Å². The van der Waals surface area contributed by atoms with Crippen molar-refractivity contribution in [1.29, 1.82) is 0 Å². The lowest BCUT2D eigenvalue weighted by Gasteiger charge is -2.07. The van der Waals surface area contributed by atoms with Gasteiger partial charge in [0.2, 0.25) is 0 Å². The Morgan fingerprint density at radius 1 is 1.26 bits per heavy atom. The number of oxime groups is 1. The third-order valence-corrected chi connectivity index (χ3v) is 2.69. The van der Waals surface area contributed by atoms with E-state index in [4.69, 9.17) is 10.9 Å². The molecule has 98 valence electrons. The van der Waals surface area contributed by atoms with E-state index >= 15 is 0 Å². The number of phenolic OH excluding ortho intramolecular Hbond substituents is 1. The lowest BCUT2D eigenvalue weighted by Crippen LogP contribution is -2.29. The fourth-order valence-electron chi connectivity index (χ4n) is 1.71. The van der Waals surface area contributed by atoms with Crippen molar-refractivity contribution in [3.8, 4) is 5.75 Å². The molecule has 0 aliphatic carbocycles. The van der Waals surface area contributed by atoms with Gasteiger partial charge in [-0.3, -0.25) is 4.79 Å². The molecule has 1 heterocycles. The molecule has 0 aliphatic rings. The number of amidine groups is 1. The van der Waals surface area contributed by atoms with Gasteiger partial charge in [0.25, 0.3) is 5.56 Å². The van der Waals surface area contributed by atoms with Gasteiger partial charge in [-0.05, 0) is 29.8 Å². The number of hydrogen-bond donors (Lipinski definition) is 3. The molecule has 0 spiro atoms. The maximum absolute atomic E-state index is 12.1. The van der Waals surface area contributed by atoms with Crippen molar-refractivity contribution in [3.63, 3.8) is 0 Å². The van der Waals surface area contributed by atoms with Crippen molar-refractivity contribution in [2.75, 3.05) is 0 Å². The second-order valence-corrected chi connectivity index (χ2v) is 4.01. The summed E-state index contributed by atoms with van der Waals surface area (Å²) in [5.74, 6) is -0.0495. The van der Waals surface area contributed by atoms with E-state index in [1.165, 1.54) is 10.6 Å². The fraction of sp³-hybridized carbons (Fsp3) is 0.0769. The Balaban J connectivity index is 2.36. The van der Waals surface area contributed by atoms with Crippen molar-refractivity contribution in [1.82, 2.24) is 4.57 Å². The molecule has 2 rings (SSSR count). The van der Waals surface area contributed by atoms with Crippen LogP contribution < -0.4 is 11.3 Å². The smallest absolute Gasteiger partial charge is 0.261 e. The molecular weight excluding hydrogens is 246 g/mol. The second kappa shape index (κ2) is 5.26. The molecule has 0 radical (unpaired) electrons. The molecule has 0 bridgehead atoms. The number of aromatic nitrogens is 1. The highest BCUT2D eigenvalue weighted by Gasteiger charge is 2.07. The summed E-state index contributed by atoms with van der Waals surface area (Å²) in [5.41, 5.74) is 6.09. The number of hydrogen-bond acceptors (Lipinski definition) is 4. The number of nitrogens with zero attached hydrogens (tertiary/aromatic N) is 2. The van der Waals surface area contributed by atoms with Gasteiger partial charge in [-0.1, -0.05) is 17.3 Å². The standard InChI is InChI=1S/C13H13N3O3/c14-12(15-19)11-2-1-7-16(13(11)18)8-9-3-5-10(17)6-4-9/h1-7,17,19H,8H2,(H2,14,15). The van der Waals surface area contributed by atoms with E-state index in [1.54, 1.807) is 36.5 Å². The molecular formula is C13H13N3O3. The predicted octanol–water partition coefficient (Wildman–Crippen LogP) is 0.697. The Bertz CT molecular complexity index is 660. The van der Waals surface area contributed by atoms with E-state index in [1.807, 2.05) is 0 Å². The Hall–Kier alpha value is -2.76. The van der Waals surface area contributed by atoms with Gasteiger partial charge in [0.1, 0.15) is 5.75 Å². The first kappa shape index (κ1) is 12.7. The van der Waals surface area contributed by atoms with Crippen LogP contribution in [0.2, 0.25) is 0 Å². The van der Waals surface area contributed by atoms with Crippen LogP contribution >= 0.6 is 0 Å². The van der Waals surface area contributed by atoms with Crippen molar-refractivity contribution in [2.24, 2.45) is 10.9 Å². The van der Waals surface area contributed by atoms with E-state index in [0.717, 1.165) is 5.56 Å². The number of benzene rings is 1. The molecule has 4 N–H and O–H groups in total. The fourth-order valence-corrected chi connectivity index (χ4v) is 1.71. The largest absolute Gasteiger partial charge is 0.508 e. The van der Waals surface area contributed by atoms with Crippen LogP contribution in [0.25, 0.3) is 0 Å². The van der Waals surface area contributed by atoms with Gasteiger partial charge in [0, 0.05) is 6.20 Å². The summed E-state index contributed by atoms with van der Waals surface area (Å²) in [6, 6.07) is 9.68. The Morgan fingerprint density at radius 2 is 1.95 bits per heavy atom. The Kier molecular flexibility index (Phi) is 3.51. The maximum Gasteiger partial charge on any atom is 0.261 e. The zero-order valence-corrected chi connectivity index (χ0v) is 10.0. The van der Waals surface area contributed by atoms with E-state index in [-0.39, 0.29) is 22.7 Å². The molecule has 2 aromatic rings. The van der Waals surface area contributed by atoms with Crippen LogP contribution in [-0.2, 0) is 6.54 Å². The van der Waals surface area contributed by atoms with Gasteiger partial charge in [0.05, 0.1) is 12.1 Å². The molecule has 1 aromatic carbocycles. The molecule has 0 saturated heterocycles. The third kappa shape index (κ3) is 2.74. The molecule has 0 amide bonds. The molecule has 19 heavy (non-hydrogen) atoms. The first-order valence-electron chi connectivity index (χ1n) is 5.57. The summed E-state index contributed by atoms with van der Waals surface area (Å²) in [6.07, 6.45) is 1.61. The predicted molar refractivity (Wildman–Crippen MR) is 70.4 cm³/mol. The number of rotatable bonds is 3. The molecule has 0 atom stereocenters. The minimum atomic E-state index is -0.342. The van der Waals surface area contributed by atoms with Gasteiger partial charge >= 0.3 is 0 Å². The monoisotopic (exact) mass is 259 g/mol. The number of aromatic hydroxyl groups is 1. The lowest BCUT2D eigenvalue weighted by molar-refractivity contribution is 0.318. The average molecular weight is 259 g/mol. The first-order chi connectivity index (χ1) is 9.11. The molecule has 0 unspecified atom stereocenters. The van der Waals surface area contributed by atoms with E-state index in [9.17, 15) is 9.90 Å².